The lowest BCUT2D eigenvalue weighted by Crippen LogP contribution is -2.54. The molecule has 1 atom stereocenters. The van der Waals surface area contributed by atoms with Crippen LogP contribution in [0.4, 0.5) is 13.2 Å². The summed E-state index contributed by atoms with van der Waals surface area (Å²) in [4.78, 5) is 25.6. The van der Waals surface area contributed by atoms with E-state index in [9.17, 15) is 22.8 Å². The maximum absolute atomic E-state index is 12.9. The van der Waals surface area contributed by atoms with E-state index in [1.165, 1.54) is 29.8 Å². The molecule has 0 saturated carbocycles. The second kappa shape index (κ2) is 12.2. The van der Waals surface area contributed by atoms with Gasteiger partial charge in [0.25, 0.3) is 11.8 Å². The lowest BCUT2D eigenvalue weighted by Gasteiger charge is -2.26. The molecule has 3 rings (SSSR count). The molecule has 2 aromatic carbocycles. The Morgan fingerprint density at radius 1 is 1.09 bits per heavy atom. The molecule has 2 amide bonds. The maximum Gasteiger partial charge on any atom is 0.417 e. The Bertz CT molecular complexity index is 1100. The van der Waals surface area contributed by atoms with Gasteiger partial charge >= 0.3 is 6.18 Å². The molecule has 0 aliphatic carbocycles. The van der Waals surface area contributed by atoms with Crippen LogP contribution in [-0.4, -0.2) is 60.4 Å². The summed E-state index contributed by atoms with van der Waals surface area (Å²) in [5.74, 6) is 3.06. The predicted octanol–water partition coefficient (Wildman–Crippen LogP) is 2.75. The van der Waals surface area contributed by atoms with E-state index in [1.807, 2.05) is 24.3 Å². The summed E-state index contributed by atoms with van der Waals surface area (Å²) in [6.45, 7) is 4.23. The highest BCUT2D eigenvalue weighted by Crippen LogP contribution is 2.21. The highest BCUT2D eigenvalue weighted by atomic mass is 19.4. The van der Waals surface area contributed by atoms with Gasteiger partial charge in [-0.3, -0.25) is 19.7 Å². The largest absolute Gasteiger partial charge is 0.417 e. The zero-order valence-electron chi connectivity index (χ0n) is 18.6. The third-order valence-corrected chi connectivity index (χ3v) is 5.19. The van der Waals surface area contributed by atoms with Crippen molar-refractivity contribution >= 4 is 17.9 Å². The first kappa shape index (κ1) is 26.0. The predicted molar refractivity (Wildman–Crippen MR) is 122 cm³/mol. The van der Waals surface area contributed by atoms with Crippen molar-refractivity contribution in [1.29, 1.82) is 0 Å². The molecule has 0 bridgehead atoms. The van der Waals surface area contributed by atoms with Crippen molar-refractivity contribution in [3.05, 3.63) is 76.9 Å². The molecule has 0 radical (unpaired) electrons. The minimum atomic E-state index is -5.06. The highest BCUT2D eigenvalue weighted by molar-refractivity contribution is 5.97. The average Bonchev–Trinajstić information content (AvgIpc) is 2.86. The van der Waals surface area contributed by atoms with E-state index in [0.29, 0.717) is 5.56 Å². The molecule has 35 heavy (non-hydrogen) atoms. The Morgan fingerprint density at radius 2 is 1.74 bits per heavy atom. The number of nitrogens with one attached hydrogen (secondary N) is 2. The molecular weight excluding hydrogens is 463 g/mol. The number of carbonyl (C=O) groups excluding carboxylic acids is 2. The summed E-state index contributed by atoms with van der Waals surface area (Å²) in [6.07, 6.45) is -1.74. The Kier molecular flexibility index (Phi) is 9.03. The van der Waals surface area contributed by atoms with Gasteiger partial charge in [-0.2, -0.15) is 13.2 Å². The maximum atomic E-state index is 12.9. The molecule has 1 aliphatic rings. The van der Waals surface area contributed by atoms with Crippen LogP contribution in [-0.2, 0) is 16.1 Å². The summed E-state index contributed by atoms with van der Waals surface area (Å²) < 4.78 is 44.0. The lowest BCUT2D eigenvalue weighted by molar-refractivity contribution is -0.172. The number of hydroxylamine groups is 1. The van der Waals surface area contributed by atoms with Crippen molar-refractivity contribution < 1.29 is 32.7 Å². The number of alkyl halides is 3. The van der Waals surface area contributed by atoms with Crippen molar-refractivity contribution in [2.45, 2.75) is 18.8 Å². The van der Waals surface area contributed by atoms with Crippen LogP contribution in [0.25, 0.3) is 6.08 Å². The Morgan fingerprint density at radius 3 is 2.34 bits per heavy atom. The molecule has 184 valence electrons. The van der Waals surface area contributed by atoms with Crippen LogP contribution in [0, 0.1) is 11.8 Å². The van der Waals surface area contributed by atoms with Gasteiger partial charge in [0.1, 0.15) is 0 Å². The van der Waals surface area contributed by atoms with E-state index in [-0.39, 0.29) is 5.56 Å². The van der Waals surface area contributed by atoms with E-state index in [4.69, 9.17) is 9.94 Å². The SMILES string of the molecule is O=C(NC(C(=O)NO)C(F)(F)F)c1ccc(/C=C/C#Cc2ccc(CN3CCOCC3)cc2)cc1. The number of ether oxygens (including phenoxy) is 1. The first-order valence-corrected chi connectivity index (χ1v) is 10.7. The first-order chi connectivity index (χ1) is 16.8. The number of carbonyl (C=O) groups is 2. The van der Waals surface area contributed by atoms with Crippen LogP contribution in [0.1, 0.15) is 27.0 Å². The van der Waals surface area contributed by atoms with E-state index < -0.39 is 24.0 Å². The zero-order valence-corrected chi connectivity index (χ0v) is 18.6. The van der Waals surface area contributed by atoms with Gasteiger partial charge in [0.2, 0.25) is 6.04 Å². The minimum Gasteiger partial charge on any atom is -0.379 e. The molecule has 10 heteroatoms. The topological polar surface area (TPSA) is 90.9 Å². The van der Waals surface area contributed by atoms with Crippen LogP contribution in [0.2, 0.25) is 0 Å². The van der Waals surface area contributed by atoms with Crippen molar-refractivity contribution in [1.82, 2.24) is 15.7 Å². The summed E-state index contributed by atoms with van der Waals surface area (Å²) in [5.41, 5.74) is 3.56. The molecule has 0 spiro atoms. The fourth-order valence-electron chi connectivity index (χ4n) is 3.29. The number of nitrogens with zero attached hydrogens (tertiary/aromatic N) is 1. The molecule has 2 aromatic rings. The van der Waals surface area contributed by atoms with Gasteiger partial charge in [-0.05, 0) is 47.5 Å². The second-order valence-electron chi connectivity index (χ2n) is 7.73. The summed E-state index contributed by atoms with van der Waals surface area (Å²) in [6, 6.07) is 10.8. The van der Waals surface area contributed by atoms with E-state index in [0.717, 1.165) is 43.9 Å². The molecule has 1 heterocycles. The summed E-state index contributed by atoms with van der Waals surface area (Å²) in [7, 11) is 0. The molecule has 0 aromatic heterocycles. The van der Waals surface area contributed by atoms with Crippen molar-refractivity contribution in [3.8, 4) is 11.8 Å². The third-order valence-electron chi connectivity index (χ3n) is 5.19. The smallest absolute Gasteiger partial charge is 0.379 e. The third kappa shape index (κ3) is 7.96. The van der Waals surface area contributed by atoms with Gasteiger partial charge in [0, 0.05) is 30.8 Å². The summed E-state index contributed by atoms with van der Waals surface area (Å²) >= 11 is 0. The first-order valence-electron chi connectivity index (χ1n) is 10.7. The number of amides is 2. The van der Waals surface area contributed by atoms with Crippen LogP contribution in [0.15, 0.2) is 54.6 Å². The van der Waals surface area contributed by atoms with Gasteiger partial charge in [0.15, 0.2) is 0 Å². The average molecular weight is 487 g/mol. The number of rotatable bonds is 6. The highest BCUT2D eigenvalue weighted by Gasteiger charge is 2.46. The lowest BCUT2D eigenvalue weighted by atomic mass is 10.1. The minimum absolute atomic E-state index is 0.0783. The second-order valence-corrected chi connectivity index (χ2v) is 7.73. The van der Waals surface area contributed by atoms with Crippen LogP contribution in [0.3, 0.4) is 0 Å². The summed E-state index contributed by atoms with van der Waals surface area (Å²) in [5, 5.41) is 10.0. The van der Waals surface area contributed by atoms with Crippen LogP contribution >= 0.6 is 0 Å². The van der Waals surface area contributed by atoms with Gasteiger partial charge in [0.05, 0.1) is 13.2 Å². The molecule has 1 unspecified atom stereocenters. The normalized spacial score (nSPS) is 15.2. The van der Waals surface area contributed by atoms with Gasteiger partial charge in [-0.1, -0.05) is 36.1 Å². The zero-order chi connectivity index (χ0) is 25.3. The van der Waals surface area contributed by atoms with Crippen LogP contribution in [0.5, 0.6) is 0 Å². The molecule has 1 saturated heterocycles. The van der Waals surface area contributed by atoms with Gasteiger partial charge < -0.3 is 10.1 Å². The van der Waals surface area contributed by atoms with Crippen molar-refractivity contribution in [2.24, 2.45) is 0 Å². The molecule has 1 fully saturated rings. The number of hydrogen-bond acceptors (Lipinski definition) is 5. The fourth-order valence-corrected chi connectivity index (χ4v) is 3.29. The Labute approximate surface area is 200 Å². The Hall–Kier alpha value is -3.65. The number of allylic oxidation sites excluding steroid dienone is 1. The number of hydrogen-bond donors (Lipinski definition) is 3. The van der Waals surface area contributed by atoms with Crippen molar-refractivity contribution in [2.75, 3.05) is 26.3 Å². The standard InChI is InChI=1S/C25H24F3N3O4/c26-25(27,28)22(24(33)30-34)29-23(32)21-11-9-19(10-12-21)4-2-1-3-18-5-7-20(8-6-18)17-31-13-15-35-16-14-31/h2,4-12,22,34H,13-17H2,(H,29,32)(H,30,33)/b4-2+. The van der Waals surface area contributed by atoms with E-state index >= 15 is 0 Å². The molecular formula is C25H24F3N3O4. The van der Waals surface area contributed by atoms with Gasteiger partial charge in [-0.15, -0.1) is 0 Å². The number of benzene rings is 2. The molecule has 7 nitrogen and oxygen atoms in total. The molecule has 1 aliphatic heterocycles. The van der Waals surface area contributed by atoms with E-state index in [2.05, 4.69) is 16.7 Å². The van der Waals surface area contributed by atoms with Gasteiger partial charge in [-0.25, -0.2) is 5.48 Å². The quantitative estimate of drug-likeness (QED) is 0.331. The number of halogens is 3. The monoisotopic (exact) mass is 487 g/mol. The van der Waals surface area contributed by atoms with E-state index in [1.54, 1.807) is 17.5 Å². The van der Waals surface area contributed by atoms with Crippen molar-refractivity contribution in [3.63, 3.8) is 0 Å². The Balaban J connectivity index is 1.54. The fraction of sp³-hybridized carbons (Fsp3) is 0.280. The number of morpholine rings is 1. The molecule has 3 N–H and O–H groups in total. The van der Waals surface area contributed by atoms with Crippen LogP contribution < -0.4 is 10.8 Å².